The number of rotatable bonds is 2. The summed E-state index contributed by atoms with van der Waals surface area (Å²) in [6.07, 6.45) is 5.62. The topological polar surface area (TPSA) is 26.0 Å². The minimum atomic E-state index is 0.569. The van der Waals surface area contributed by atoms with Crippen LogP contribution in [0.5, 0.6) is 0 Å². The molecule has 0 radical (unpaired) electrons. The Labute approximate surface area is 95.3 Å². The van der Waals surface area contributed by atoms with E-state index in [1.807, 2.05) is 6.20 Å². The molecule has 0 saturated heterocycles. The highest BCUT2D eigenvalue weighted by molar-refractivity contribution is 5.56. The Hall–Kier alpha value is -1.57. The van der Waals surface area contributed by atoms with Crippen molar-refractivity contribution in [2.45, 2.75) is 32.1 Å². The van der Waals surface area contributed by atoms with Gasteiger partial charge < -0.3 is 4.42 Å². The lowest BCUT2D eigenvalue weighted by Gasteiger charge is -2.21. The molecule has 1 saturated carbocycles. The van der Waals surface area contributed by atoms with Crippen molar-refractivity contribution in [1.29, 1.82) is 0 Å². The summed E-state index contributed by atoms with van der Waals surface area (Å²) in [6.45, 7) is 2.09. The lowest BCUT2D eigenvalue weighted by Crippen LogP contribution is -2.08. The van der Waals surface area contributed by atoms with Crippen LogP contribution in [0.3, 0.4) is 0 Å². The van der Waals surface area contributed by atoms with Gasteiger partial charge >= 0.3 is 0 Å². The normalized spacial score (nSPS) is 16.1. The van der Waals surface area contributed by atoms with Crippen molar-refractivity contribution >= 4 is 0 Å². The molecule has 2 nitrogen and oxygen atoms in total. The molecule has 2 heteroatoms. The van der Waals surface area contributed by atoms with Gasteiger partial charge in [0.25, 0.3) is 0 Å². The van der Waals surface area contributed by atoms with Gasteiger partial charge in [-0.25, -0.2) is 4.98 Å². The molecule has 0 amide bonds. The fraction of sp³-hybridized carbons (Fsp3) is 0.357. The predicted octanol–water partition coefficient (Wildman–Crippen LogP) is 3.92. The van der Waals surface area contributed by atoms with Gasteiger partial charge in [-0.05, 0) is 19.8 Å². The minimum Gasteiger partial charge on any atom is -0.440 e. The maximum absolute atomic E-state index is 5.80. The molecule has 1 aliphatic carbocycles. The Balaban J connectivity index is 1.88. The quantitative estimate of drug-likeness (QED) is 0.755. The van der Waals surface area contributed by atoms with E-state index in [9.17, 15) is 0 Å². The fourth-order valence-electron chi connectivity index (χ4n) is 1.98. The van der Waals surface area contributed by atoms with Gasteiger partial charge in [0, 0.05) is 11.5 Å². The van der Waals surface area contributed by atoms with Crippen LogP contribution in [-0.4, -0.2) is 4.98 Å². The summed E-state index contributed by atoms with van der Waals surface area (Å²) in [6, 6.07) is 8.36. The van der Waals surface area contributed by atoms with Gasteiger partial charge in [0.2, 0.25) is 0 Å². The van der Waals surface area contributed by atoms with Crippen molar-refractivity contribution in [2.75, 3.05) is 0 Å². The molecule has 16 heavy (non-hydrogen) atoms. The van der Waals surface area contributed by atoms with Gasteiger partial charge in [-0.1, -0.05) is 36.2 Å². The lowest BCUT2D eigenvalue weighted by molar-refractivity contribution is 0.338. The number of hydrogen-bond donors (Lipinski definition) is 0. The van der Waals surface area contributed by atoms with Crippen LogP contribution in [0.1, 0.15) is 36.6 Å². The zero-order valence-electron chi connectivity index (χ0n) is 9.44. The van der Waals surface area contributed by atoms with Crippen LogP contribution < -0.4 is 0 Å². The fourth-order valence-corrected chi connectivity index (χ4v) is 1.98. The molecule has 0 aliphatic heterocycles. The van der Waals surface area contributed by atoms with Gasteiger partial charge in [-0.3, -0.25) is 0 Å². The first-order valence-electron chi connectivity index (χ1n) is 5.86. The highest BCUT2D eigenvalue weighted by Gasteiger charge is 2.24. The van der Waals surface area contributed by atoms with E-state index in [0.717, 1.165) is 17.2 Å². The third-order valence-electron chi connectivity index (χ3n) is 3.31. The van der Waals surface area contributed by atoms with E-state index in [4.69, 9.17) is 4.42 Å². The zero-order valence-corrected chi connectivity index (χ0v) is 9.44. The van der Waals surface area contributed by atoms with Gasteiger partial charge in [-0.15, -0.1) is 0 Å². The van der Waals surface area contributed by atoms with Crippen molar-refractivity contribution in [3.8, 4) is 11.3 Å². The number of aromatic nitrogens is 1. The lowest BCUT2D eigenvalue weighted by atomic mass is 9.85. The molecule has 0 unspecified atom stereocenters. The van der Waals surface area contributed by atoms with Crippen LogP contribution in [0, 0.1) is 6.92 Å². The number of hydrogen-bond acceptors (Lipinski definition) is 2. The van der Waals surface area contributed by atoms with E-state index >= 15 is 0 Å². The van der Waals surface area contributed by atoms with Crippen molar-refractivity contribution < 1.29 is 4.42 Å². The van der Waals surface area contributed by atoms with Crippen LogP contribution in [0.15, 0.2) is 34.9 Å². The van der Waals surface area contributed by atoms with Crippen LogP contribution in [0.2, 0.25) is 0 Å². The summed E-state index contributed by atoms with van der Waals surface area (Å²) in [5.74, 6) is 2.38. The molecule has 1 aliphatic rings. The molecule has 0 atom stereocenters. The first kappa shape index (κ1) is 9.64. The summed E-state index contributed by atoms with van der Waals surface area (Å²) in [5.41, 5.74) is 2.38. The SMILES string of the molecule is Cc1ccc(-c2cnc(C3CCC3)o2)cc1. The summed E-state index contributed by atoms with van der Waals surface area (Å²) >= 11 is 0. The second-order valence-electron chi connectivity index (χ2n) is 4.56. The summed E-state index contributed by atoms with van der Waals surface area (Å²) in [7, 11) is 0. The van der Waals surface area contributed by atoms with E-state index in [1.54, 1.807) is 0 Å². The molecule has 3 rings (SSSR count). The van der Waals surface area contributed by atoms with E-state index in [1.165, 1.54) is 24.8 Å². The Morgan fingerprint density at radius 2 is 1.94 bits per heavy atom. The third-order valence-corrected chi connectivity index (χ3v) is 3.31. The summed E-state index contributed by atoms with van der Waals surface area (Å²) < 4.78 is 5.80. The Morgan fingerprint density at radius 1 is 1.19 bits per heavy atom. The van der Waals surface area contributed by atoms with Gasteiger partial charge in [0.05, 0.1) is 6.20 Å². The smallest absolute Gasteiger partial charge is 0.198 e. The molecule has 1 aromatic heterocycles. The van der Waals surface area contributed by atoms with Crippen molar-refractivity contribution in [3.63, 3.8) is 0 Å². The van der Waals surface area contributed by atoms with Gasteiger partial charge in [0.15, 0.2) is 11.7 Å². The van der Waals surface area contributed by atoms with Crippen molar-refractivity contribution in [3.05, 3.63) is 41.9 Å². The number of oxazole rings is 1. The number of benzene rings is 1. The van der Waals surface area contributed by atoms with E-state index < -0.39 is 0 Å². The molecule has 0 spiro atoms. The molecule has 1 heterocycles. The van der Waals surface area contributed by atoms with E-state index in [-0.39, 0.29) is 0 Å². The van der Waals surface area contributed by atoms with Gasteiger partial charge in [0.1, 0.15) is 0 Å². The van der Waals surface area contributed by atoms with E-state index in [0.29, 0.717) is 5.92 Å². The highest BCUT2D eigenvalue weighted by Crippen LogP contribution is 2.37. The summed E-state index contributed by atoms with van der Waals surface area (Å²) in [4.78, 5) is 4.37. The van der Waals surface area contributed by atoms with E-state index in [2.05, 4.69) is 36.2 Å². The maximum Gasteiger partial charge on any atom is 0.198 e. The average Bonchev–Trinajstić information content (AvgIpc) is 2.65. The molecule has 1 fully saturated rings. The average molecular weight is 213 g/mol. The van der Waals surface area contributed by atoms with Crippen molar-refractivity contribution in [2.24, 2.45) is 0 Å². The second-order valence-corrected chi connectivity index (χ2v) is 4.56. The van der Waals surface area contributed by atoms with Crippen LogP contribution in [0.25, 0.3) is 11.3 Å². The molecule has 1 aromatic carbocycles. The Morgan fingerprint density at radius 3 is 2.56 bits per heavy atom. The molecule has 2 aromatic rings. The summed E-state index contributed by atoms with van der Waals surface area (Å²) in [5, 5.41) is 0. The monoisotopic (exact) mass is 213 g/mol. The van der Waals surface area contributed by atoms with Crippen molar-refractivity contribution in [1.82, 2.24) is 4.98 Å². The molecule has 0 bridgehead atoms. The third kappa shape index (κ3) is 1.64. The largest absolute Gasteiger partial charge is 0.440 e. The van der Waals surface area contributed by atoms with Crippen LogP contribution in [0.4, 0.5) is 0 Å². The molecule has 0 N–H and O–H groups in total. The van der Waals surface area contributed by atoms with Gasteiger partial charge in [-0.2, -0.15) is 0 Å². The Kier molecular flexibility index (Phi) is 2.28. The first-order chi connectivity index (χ1) is 7.83. The number of aryl methyl sites for hydroxylation is 1. The molecule has 82 valence electrons. The van der Waals surface area contributed by atoms with Crippen LogP contribution >= 0.6 is 0 Å². The first-order valence-corrected chi connectivity index (χ1v) is 5.86. The predicted molar refractivity (Wildman–Crippen MR) is 63.3 cm³/mol. The molecular formula is C14H15NO. The number of nitrogens with zero attached hydrogens (tertiary/aromatic N) is 1. The molecular weight excluding hydrogens is 198 g/mol. The second kappa shape index (κ2) is 3.78. The zero-order chi connectivity index (χ0) is 11.0. The Bertz CT molecular complexity index is 480. The standard InChI is InChI=1S/C14H15NO/c1-10-5-7-11(8-6-10)13-9-15-14(16-13)12-3-2-4-12/h5-9,12H,2-4H2,1H3. The minimum absolute atomic E-state index is 0.569. The van der Waals surface area contributed by atoms with Crippen LogP contribution in [-0.2, 0) is 0 Å². The highest BCUT2D eigenvalue weighted by atomic mass is 16.4. The maximum atomic E-state index is 5.80.